The molecule has 1 saturated heterocycles. The average Bonchev–Trinajstić information content (AvgIpc) is 3.06. The molecule has 2 N–H and O–H groups in total. The third kappa shape index (κ3) is 10.6. The van der Waals surface area contributed by atoms with Gasteiger partial charge in [-0.15, -0.1) is 11.6 Å². The van der Waals surface area contributed by atoms with Gasteiger partial charge in [0.05, 0.1) is 32.7 Å². The lowest BCUT2D eigenvalue weighted by Crippen LogP contribution is -2.69. The van der Waals surface area contributed by atoms with E-state index in [1.807, 2.05) is 0 Å². The topological polar surface area (TPSA) is 182 Å². The van der Waals surface area contributed by atoms with Gasteiger partial charge in [0.15, 0.2) is 23.8 Å². The third-order valence-corrected chi connectivity index (χ3v) is 7.68. The van der Waals surface area contributed by atoms with Crippen LogP contribution < -0.4 is 10.6 Å². The molecule has 1 aliphatic heterocycles. The summed E-state index contributed by atoms with van der Waals surface area (Å²) in [6.07, 6.45) is -7.50. The van der Waals surface area contributed by atoms with Crippen molar-refractivity contribution in [2.75, 3.05) is 19.5 Å². The number of hydrogen-bond acceptors (Lipinski definition) is 12. The predicted molar refractivity (Wildman–Crippen MR) is 168 cm³/mol. The van der Waals surface area contributed by atoms with E-state index in [0.717, 1.165) is 33.9 Å². The van der Waals surface area contributed by atoms with E-state index in [-0.39, 0.29) is 11.1 Å². The summed E-state index contributed by atoms with van der Waals surface area (Å²) in [5.41, 5.74) is -0.201. The van der Waals surface area contributed by atoms with E-state index in [1.54, 1.807) is 0 Å². The molecule has 2 aromatic carbocycles. The van der Waals surface area contributed by atoms with E-state index in [4.69, 9.17) is 51.6 Å². The zero-order chi connectivity index (χ0) is 37.2. The van der Waals surface area contributed by atoms with Gasteiger partial charge in [-0.25, -0.2) is 13.6 Å². The normalized spacial score (nSPS) is 21.2. The Labute approximate surface area is 294 Å². The second-order valence-electron chi connectivity index (χ2n) is 10.8. The summed E-state index contributed by atoms with van der Waals surface area (Å²) in [5.74, 6) is -11.3. The number of carbonyl (C=O) groups excluding carboxylic acids is 6. The van der Waals surface area contributed by atoms with E-state index in [9.17, 15) is 37.5 Å². The number of benzene rings is 2. The van der Waals surface area contributed by atoms with E-state index in [0.29, 0.717) is 5.02 Å². The molecule has 1 fully saturated rings. The lowest BCUT2D eigenvalue weighted by atomic mass is 9.87. The van der Waals surface area contributed by atoms with Gasteiger partial charge in [-0.05, 0) is 30.3 Å². The van der Waals surface area contributed by atoms with Crippen molar-refractivity contribution < 1.29 is 66.0 Å². The smallest absolute Gasteiger partial charge is 0.366 e. The van der Waals surface area contributed by atoms with Crippen LogP contribution in [0.1, 0.15) is 43.1 Å². The fraction of sp³-hybridized carbons (Fsp3) is 0.438. The van der Waals surface area contributed by atoms with Gasteiger partial charge in [0.2, 0.25) is 5.91 Å². The fourth-order valence-electron chi connectivity index (χ4n) is 5.12. The number of alkyl halides is 1. The molecule has 0 bridgehead atoms. The number of nitrogens with one attached hydrogen (secondary N) is 2. The number of methoxy groups -OCH3 is 1. The standard InChI is InChI=1S/C32H34Cl2F2N2O12/c1-16(39)47-23-12-32(31(44)45-4,46-15-20-6-5-7-22(35)26(20)36)50-29(27(23)38-25(42)13-33)28(49-18(3)41)24(48-17(2)40)14-37-30(43)19-8-10-21(34)11-9-19/h5-11,23-24,27-29H,12-15H2,1-4H3,(H,37,43)(H,38,42)/t23-,24+,27+,28+,29+,32+/m0/s1. The molecule has 0 aromatic heterocycles. The molecule has 14 nitrogen and oxygen atoms in total. The Balaban J connectivity index is 2.17. The summed E-state index contributed by atoms with van der Waals surface area (Å²) in [4.78, 5) is 76.3. The van der Waals surface area contributed by atoms with Gasteiger partial charge in [-0.2, -0.15) is 0 Å². The predicted octanol–water partition coefficient (Wildman–Crippen LogP) is 2.74. The van der Waals surface area contributed by atoms with Crippen LogP contribution in [0.5, 0.6) is 0 Å². The molecule has 50 heavy (non-hydrogen) atoms. The van der Waals surface area contributed by atoms with Gasteiger partial charge in [0.1, 0.15) is 18.1 Å². The van der Waals surface area contributed by atoms with Gasteiger partial charge >= 0.3 is 23.9 Å². The van der Waals surface area contributed by atoms with Crippen LogP contribution in [0.2, 0.25) is 5.02 Å². The van der Waals surface area contributed by atoms with Crippen LogP contribution >= 0.6 is 23.2 Å². The molecule has 0 radical (unpaired) electrons. The first-order valence-corrected chi connectivity index (χ1v) is 15.8. The number of ether oxygens (including phenoxy) is 6. The first kappa shape index (κ1) is 40.1. The van der Waals surface area contributed by atoms with Gasteiger partial charge in [0, 0.05) is 36.9 Å². The quantitative estimate of drug-likeness (QED) is 0.164. The van der Waals surface area contributed by atoms with E-state index < -0.39 is 109 Å². The molecule has 1 aliphatic rings. The number of amides is 2. The average molecular weight is 748 g/mol. The van der Waals surface area contributed by atoms with E-state index >= 15 is 0 Å². The van der Waals surface area contributed by atoms with Crippen molar-refractivity contribution in [3.63, 3.8) is 0 Å². The molecule has 272 valence electrons. The summed E-state index contributed by atoms with van der Waals surface area (Å²) in [6, 6.07) is 7.44. The minimum Gasteiger partial charge on any atom is -0.465 e. The molecule has 0 spiro atoms. The summed E-state index contributed by atoms with van der Waals surface area (Å²) >= 11 is 11.7. The molecule has 6 atom stereocenters. The van der Waals surface area contributed by atoms with Crippen LogP contribution in [-0.4, -0.2) is 91.5 Å². The van der Waals surface area contributed by atoms with Gasteiger partial charge in [-0.1, -0.05) is 23.7 Å². The van der Waals surface area contributed by atoms with Crippen molar-refractivity contribution >= 4 is 58.9 Å². The van der Waals surface area contributed by atoms with Crippen molar-refractivity contribution in [2.45, 2.75) is 70.0 Å². The second-order valence-corrected chi connectivity index (χ2v) is 11.6. The molecule has 0 unspecified atom stereocenters. The van der Waals surface area contributed by atoms with Crippen LogP contribution in [0.15, 0.2) is 42.5 Å². The second kappa shape index (κ2) is 18.0. The molecule has 1 heterocycles. The Bertz CT molecular complexity index is 1580. The number of halogens is 4. The van der Waals surface area contributed by atoms with E-state index in [1.165, 1.54) is 36.4 Å². The van der Waals surface area contributed by atoms with E-state index in [2.05, 4.69) is 10.6 Å². The number of carbonyl (C=O) groups is 6. The Kier molecular flexibility index (Phi) is 14.4. The Morgan fingerprint density at radius 2 is 1.64 bits per heavy atom. The third-order valence-electron chi connectivity index (χ3n) is 7.19. The Morgan fingerprint density at radius 1 is 0.980 bits per heavy atom. The van der Waals surface area contributed by atoms with Gasteiger partial charge < -0.3 is 39.1 Å². The largest absolute Gasteiger partial charge is 0.465 e. The molecule has 0 saturated carbocycles. The molecule has 18 heteroatoms. The maximum Gasteiger partial charge on any atom is 0.366 e. The molecule has 0 aliphatic carbocycles. The first-order chi connectivity index (χ1) is 23.6. The zero-order valence-electron chi connectivity index (χ0n) is 27.2. The number of esters is 4. The summed E-state index contributed by atoms with van der Waals surface area (Å²) in [6.45, 7) is 1.67. The molecule has 2 aromatic rings. The molecular weight excluding hydrogens is 713 g/mol. The highest BCUT2D eigenvalue weighted by Gasteiger charge is 2.59. The Morgan fingerprint density at radius 3 is 2.22 bits per heavy atom. The molecule has 2 amide bonds. The van der Waals surface area contributed by atoms with Crippen LogP contribution in [0.4, 0.5) is 8.78 Å². The Hall–Kier alpha value is -4.38. The van der Waals surface area contributed by atoms with Crippen molar-refractivity contribution in [3.8, 4) is 0 Å². The molecule has 3 rings (SSSR count). The van der Waals surface area contributed by atoms with Crippen LogP contribution in [0.25, 0.3) is 0 Å². The fourth-order valence-corrected chi connectivity index (χ4v) is 5.32. The lowest BCUT2D eigenvalue weighted by Gasteiger charge is -2.48. The highest BCUT2D eigenvalue weighted by atomic mass is 35.5. The maximum atomic E-state index is 14.6. The van der Waals surface area contributed by atoms with Crippen molar-refractivity contribution in [2.24, 2.45) is 0 Å². The van der Waals surface area contributed by atoms with Crippen molar-refractivity contribution in [3.05, 3.63) is 70.2 Å². The van der Waals surface area contributed by atoms with Crippen LogP contribution in [-0.2, 0) is 59.0 Å². The van der Waals surface area contributed by atoms with Crippen LogP contribution in [0, 0.1) is 11.6 Å². The van der Waals surface area contributed by atoms with Crippen LogP contribution in [0.3, 0.4) is 0 Å². The summed E-state index contributed by atoms with van der Waals surface area (Å²) < 4.78 is 62.0. The van der Waals surface area contributed by atoms with Gasteiger partial charge in [-0.3, -0.25) is 24.0 Å². The van der Waals surface area contributed by atoms with Crippen molar-refractivity contribution in [1.82, 2.24) is 10.6 Å². The number of rotatable bonds is 14. The summed E-state index contributed by atoms with van der Waals surface area (Å²) in [7, 11) is 0.953. The van der Waals surface area contributed by atoms with Crippen molar-refractivity contribution in [1.29, 1.82) is 0 Å². The minimum atomic E-state index is -2.62. The van der Waals surface area contributed by atoms with Gasteiger partial charge in [0.25, 0.3) is 11.7 Å². The maximum absolute atomic E-state index is 14.6. The monoisotopic (exact) mass is 746 g/mol. The first-order valence-electron chi connectivity index (χ1n) is 14.8. The number of hydrogen-bond donors (Lipinski definition) is 2. The highest BCUT2D eigenvalue weighted by Crippen LogP contribution is 2.38. The SMILES string of the molecule is COC(=O)[C@@]1(OCc2cccc(F)c2F)C[C@H](OC(C)=O)[C@@H](NC(=O)CCl)[C@H]([C@H](OC(C)=O)[C@@H](CNC(=O)c2ccc(Cl)cc2)OC(C)=O)O1. The highest BCUT2D eigenvalue weighted by molar-refractivity contribution is 6.30. The molecular formula is C32H34Cl2F2N2O12. The zero-order valence-corrected chi connectivity index (χ0v) is 28.7. The lowest BCUT2D eigenvalue weighted by molar-refractivity contribution is -0.317. The minimum absolute atomic E-state index is 0.152. The summed E-state index contributed by atoms with van der Waals surface area (Å²) in [5, 5.41) is 5.39.